The third-order valence-corrected chi connectivity index (χ3v) is 3.96. The topological polar surface area (TPSA) is 69.9 Å². The minimum absolute atomic E-state index is 0.0379. The van der Waals surface area contributed by atoms with Crippen LogP contribution in [-0.4, -0.2) is 24.7 Å². The van der Waals surface area contributed by atoms with Crippen LogP contribution in [0, 0.1) is 6.92 Å². The number of hydrogen-bond donors (Lipinski definition) is 2. The van der Waals surface area contributed by atoms with Crippen molar-refractivity contribution in [3.63, 3.8) is 0 Å². The van der Waals surface area contributed by atoms with Gasteiger partial charge in [0.25, 0.3) is 0 Å². The molecule has 0 spiro atoms. The number of nitrogens with one attached hydrogen (secondary N) is 1. The number of hydrogen-bond acceptors (Lipinski definition) is 5. The van der Waals surface area contributed by atoms with Gasteiger partial charge < -0.3 is 0 Å². The molecule has 2 N–H and O–H groups in total. The number of aromatic nitrogens is 1. The van der Waals surface area contributed by atoms with Gasteiger partial charge in [-0.2, -0.15) is 0 Å². The first kappa shape index (κ1) is 12.1. The van der Waals surface area contributed by atoms with Gasteiger partial charge in [-0.3, -0.25) is 0 Å². The van der Waals surface area contributed by atoms with Gasteiger partial charge >= 0.3 is 116 Å². The molecule has 0 atom stereocenters. The Kier molecular flexibility index (Phi) is 3.19. The van der Waals surface area contributed by atoms with Gasteiger partial charge in [0.05, 0.1) is 0 Å². The molecule has 1 aliphatic rings. The zero-order chi connectivity index (χ0) is 13.2. The number of fused-ring (bicyclic) bond motifs is 1. The zero-order valence-corrected chi connectivity index (χ0v) is 12.0. The summed E-state index contributed by atoms with van der Waals surface area (Å²) in [6, 6.07) is 9.33. The molecule has 2 heterocycles. The summed E-state index contributed by atoms with van der Waals surface area (Å²) in [5.41, 5.74) is 4.30. The number of benzene rings is 1. The van der Waals surface area contributed by atoms with E-state index in [4.69, 9.17) is 0 Å². The Hall–Kier alpha value is -1.91. The molecule has 2 aromatic rings. The molecule has 96 valence electrons. The fourth-order valence-electron chi connectivity index (χ4n) is 1.86. The predicted octanol–water partition coefficient (Wildman–Crippen LogP) is 3.06. The molecule has 0 bridgehead atoms. The number of rotatable bonds is 3. The zero-order valence-electron chi connectivity index (χ0n) is 10.3. The molecule has 0 fully saturated rings. The number of aromatic hydroxyl groups is 1. The Balaban J connectivity index is 1.82. The standard InChI is InChI=1S/C13H12N4OSe/c1-8-5-6-12(18)11(15-8)7-14-9-3-2-4-10-13(9)17-19-16-10/h2-6,14,18H,7H2,1H3. The van der Waals surface area contributed by atoms with E-state index >= 15 is 0 Å². The summed E-state index contributed by atoms with van der Waals surface area (Å²) in [7, 11) is 0. The molecule has 6 heteroatoms. The van der Waals surface area contributed by atoms with Crippen molar-refractivity contribution in [1.29, 1.82) is 0 Å². The molecule has 0 unspecified atom stereocenters. The van der Waals surface area contributed by atoms with Gasteiger partial charge in [-0.1, -0.05) is 0 Å². The number of pyridine rings is 1. The van der Waals surface area contributed by atoms with E-state index in [2.05, 4.69) is 18.2 Å². The van der Waals surface area contributed by atoms with Gasteiger partial charge in [0.15, 0.2) is 0 Å². The van der Waals surface area contributed by atoms with Gasteiger partial charge in [0, 0.05) is 0 Å². The van der Waals surface area contributed by atoms with Crippen molar-refractivity contribution in [1.82, 2.24) is 4.98 Å². The number of anilines is 1. The number of nitrogens with zero attached hydrogens (tertiary/aromatic N) is 3. The summed E-state index contributed by atoms with van der Waals surface area (Å²) in [5.74, 6) is 0.205. The molecule has 5 nitrogen and oxygen atoms in total. The van der Waals surface area contributed by atoms with Crippen LogP contribution < -0.4 is 5.32 Å². The van der Waals surface area contributed by atoms with E-state index in [1.54, 1.807) is 12.1 Å². The maximum absolute atomic E-state index is 9.77. The van der Waals surface area contributed by atoms with Crippen LogP contribution in [-0.2, 0) is 6.54 Å². The molecule has 1 aliphatic heterocycles. The second-order valence-corrected chi connectivity index (χ2v) is 5.32. The molecule has 0 radical (unpaired) electrons. The Labute approximate surface area is 116 Å². The fourth-order valence-corrected chi connectivity index (χ4v) is 3.01. The van der Waals surface area contributed by atoms with Gasteiger partial charge in [0.2, 0.25) is 0 Å². The van der Waals surface area contributed by atoms with Crippen molar-refractivity contribution >= 4 is 31.6 Å². The molecule has 0 amide bonds. The maximum atomic E-state index is 9.77. The summed E-state index contributed by atoms with van der Waals surface area (Å²) in [6.07, 6.45) is 0. The van der Waals surface area contributed by atoms with Gasteiger partial charge in [-0.15, -0.1) is 0 Å². The Bertz CT molecular complexity index is 708. The van der Waals surface area contributed by atoms with Crippen LogP contribution in [0.5, 0.6) is 5.75 Å². The van der Waals surface area contributed by atoms with Crippen LogP contribution in [0.1, 0.15) is 11.4 Å². The van der Waals surface area contributed by atoms with E-state index in [0.29, 0.717) is 12.2 Å². The van der Waals surface area contributed by atoms with Gasteiger partial charge in [-0.05, 0) is 0 Å². The van der Waals surface area contributed by atoms with E-state index < -0.39 is 0 Å². The summed E-state index contributed by atoms with van der Waals surface area (Å²) < 4.78 is 8.74. The molecular formula is C13H12N4OSe. The third kappa shape index (κ3) is 2.45. The Morgan fingerprint density at radius 3 is 3.00 bits per heavy atom. The second kappa shape index (κ2) is 4.99. The first-order valence-electron chi connectivity index (χ1n) is 5.84. The molecular weight excluding hydrogens is 307 g/mol. The van der Waals surface area contributed by atoms with Crippen molar-refractivity contribution in [3.8, 4) is 5.75 Å². The molecule has 1 aromatic carbocycles. The van der Waals surface area contributed by atoms with Gasteiger partial charge in [-0.25, -0.2) is 0 Å². The normalized spacial score (nSPS) is 12.1. The van der Waals surface area contributed by atoms with Crippen LogP contribution >= 0.6 is 0 Å². The quantitative estimate of drug-likeness (QED) is 0.729. The Morgan fingerprint density at radius 2 is 2.11 bits per heavy atom. The van der Waals surface area contributed by atoms with E-state index in [1.165, 1.54) is 0 Å². The van der Waals surface area contributed by atoms with Crippen molar-refractivity contribution in [2.45, 2.75) is 13.5 Å². The monoisotopic (exact) mass is 320 g/mol. The number of aryl methyl sites for hydroxylation is 1. The first-order valence-corrected chi connectivity index (χ1v) is 7.38. The second-order valence-electron chi connectivity index (χ2n) is 4.21. The van der Waals surface area contributed by atoms with Crippen LogP contribution in [0.25, 0.3) is 0 Å². The van der Waals surface area contributed by atoms with E-state index in [-0.39, 0.29) is 20.3 Å². The summed E-state index contributed by atoms with van der Waals surface area (Å²) in [5, 5.41) is 13.0. The van der Waals surface area contributed by atoms with Crippen molar-refractivity contribution in [2.24, 2.45) is 7.92 Å². The minimum atomic E-state index is -0.0379. The van der Waals surface area contributed by atoms with Crippen LogP contribution in [0.3, 0.4) is 0 Å². The predicted molar refractivity (Wildman–Crippen MR) is 74.3 cm³/mol. The molecule has 3 rings (SSSR count). The van der Waals surface area contributed by atoms with Crippen molar-refractivity contribution in [3.05, 3.63) is 41.7 Å². The third-order valence-electron chi connectivity index (χ3n) is 2.82. The van der Waals surface area contributed by atoms with Gasteiger partial charge in [0.1, 0.15) is 0 Å². The summed E-state index contributed by atoms with van der Waals surface area (Å²) >= 11 is -0.0379. The van der Waals surface area contributed by atoms with Crippen molar-refractivity contribution in [2.75, 3.05) is 5.32 Å². The average Bonchev–Trinajstić information content (AvgIpc) is 2.88. The van der Waals surface area contributed by atoms with Crippen LogP contribution in [0.2, 0.25) is 0 Å². The van der Waals surface area contributed by atoms with E-state index in [0.717, 1.165) is 22.8 Å². The average molecular weight is 319 g/mol. The fraction of sp³-hybridized carbons (Fsp3) is 0.154. The van der Waals surface area contributed by atoms with Crippen molar-refractivity contribution < 1.29 is 5.11 Å². The SMILES string of the molecule is Cc1ccc(O)c(CNc2cccc3c2N=[Se]=N3)n1. The van der Waals surface area contributed by atoms with E-state index in [1.807, 2.05) is 25.1 Å². The molecule has 1 aromatic heterocycles. The Morgan fingerprint density at radius 1 is 1.21 bits per heavy atom. The molecule has 0 saturated carbocycles. The van der Waals surface area contributed by atoms with Crippen LogP contribution in [0.15, 0.2) is 38.3 Å². The molecule has 0 aliphatic carbocycles. The molecule has 19 heavy (non-hydrogen) atoms. The summed E-state index contributed by atoms with van der Waals surface area (Å²) in [4.78, 5) is 4.32. The summed E-state index contributed by atoms with van der Waals surface area (Å²) in [6.45, 7) is 2.37. The van der Waals surface area contributed by atoms with Crippen LogP contribution in [0.4, 0.5) is 17.1 Å². The molecule has 0 saturated heterocycles. The van der Waals surface area contributed by atoms with E-state index in [9.17, 15) is 5.11 Å². The first-order chi connectivity index (χ1) is 9.24.